The lowest BCUT2D eigenvalue weighted by Gasteiger charge is -2.30. The van der Waals surface area contributed by atoms with Crippen molar-refractivity contribution < 1.29 is 4.79 Å². The van der Waals surface area contributed by atoms with Crippen molar-refractivity contribution in [2.45, 2.75) is 18.8 Å². The summed E-state index contributed by atoms with van der Waals surface area (Å²) >= 11 is 0. The van der Waals surface area contributed by atoms with Crippen molar-refractivity contribution in [2.24, 2.45) is 7.05 Å². The van der Waals surface area contributed by atoms with Crippen LogP contribution in [0.4, 0.5) is 5.69 Å². The van der Waals surface area contributed by atoms with E-state index in [1.165, 1.54) is 5.69 Å². The van der Waals surface area contributed by atoms with Crippen LogP contribution < -0.4 is 15.5 Å². The number of hydrogen-bond donors (Lipinski definition) is 2. The molecule has 0 saturated carbocycles. The molecule has 0 spiro atoms. The highest BCUT2D eigenvalue weighted by atomic mass is 16.2. The van der Waals surface area contributed by atoms with E-state index in [1.807, 2.05) is 11.7 Å². The number of para-hydroxylation sites is 1. The van der Waals surface area contributed by atoms with Crippen LogP contribution in [-0.4, -0.2) is 41.9 Å². The number of benzene rings is 1. The van der Waals surface area contributed by atoms with Crippen molar-refractivity contribution in [1.82, 2.24) is 20.4 Å². The summed E-state index contributed by atoms with van der Waals surface area (Å²) in [6, 6.07) is 6.31. The van der Waals surface area contributed by atoms with E-state index in [1.54, 1.807) is 0 Å². The molecule has 2 aliphatic heterocycles. The third-order valence-electron chi connectivity index (χ3n) is 5.01. The minimum Gasteiger partial charge on any atom is -0.367 e. The molecule has 6 heteroatoms. The molecule has 24 heavy (non-hydrogen) atoms. The maximum Gasteiger partial charge on any atom is 0.233 e. The van der Waals surface area contributed by atoms with Crippen molar-refractivity contribution in [3.8, 4) is 0 Å². The molecule has 1 amide bonds. The smallest absolute Gasteiger partial charge is 0.233 e. The Morgan fingerprint density at radius 3 is 2.83 bits per heavy atom. The SMILES string of the molecule is C=C1CCC(c2nn(C)c3c(N4CCNCC4)cccc23)C(=O)N1. The number of anilines is 1. The number of nitrogens with one attached hydrogen (secondary N) is 2. The van der Waals surface area contributed by atoms with Crippen molar-refractivity contribution >= 4 is 22.5 Å². The molecule has 2 aliphatic rings. The molecule has 2 N–H and O–H groups in total. The van der Waals surface area contributed by atoms with Crippen molar-refractivity contribution in [2.75, 3.05) is 31.1 Å². The maximum absolute atomic E-state index is 12.4. The summed E-state index contributed by atoms with van der Waals surface area (Å²) in [6.45, 7) is 7.83. The molecular weight excluding hydrogens is 302 g/mol. The van der Waals surface area contributed by atoms with Gasteiger partial charge in [-0.2, -0.15) is 5.10 Å². The Labute approximate surface area is 141 Å². The summed E-state index contributed by atoms with van der Waals surface area (Å²) in [5, 5.41) is 12.1. The number of amides is 1. The second-order valence-electron chi connectivity index (χ2n) is 6.60. The monoisotopic (exact) mass is 325 g/mol. The van der Waals surface area contributed by atoms with Gasteiger partial charge in [0, 0.05) is 44.3 Å². The number of aromatic nitrogens is 2. The minimum absolute atomic E-state index is 0.0128. The van der Waals surface area contributed by atoms with Crippen LogP contribution in [0, 0.1) is 0 Å². The van der Waals surface area contributed by atoms with E-state index < -0.39 is 0 Å². The van der Waals surface area contributed by atoms with Gasteiger partial charge in [0.2, 0.25) is 5.91 Å². The Kier molecular flexibility index (Phi) is 3.76. The molecule has 0 bridgehead atoms. The quantitative estimate of drug-likeness (QED) is 0.878. The molecule has 1 unspecified atom stereocenters. The van der Waals surface area contributed by atoms with Gasteiger partial charge in [-0.25, -0.2) is 0 Å². The van der Waals surface area contributed by atoms with Crippen LogP contribution in [0.2, 0.25) is 0 Å². The maximum atomic E-state index is 12.4. The highest BCUT2D eigenvalue weighted by Crippen LogP contribution is 2.35. The fourth-order valence-electron chi connectivity index (χ4n) is 3.80. The molecule has 2 fully saturated rings. The van der Waals surface area contributed by atoms with Crippen LogP contribution in [0.15, 0.2) is 30.5 Å². The summed E-state index contributed by atoms with van der Waals surface area (Å²) in [7, 11) is 1.97. The molecule has 1 aromatic heterocycles. The van der Waals surface area contributed by atoms with E-state index in [4.69, 9.17) is 5.10 Å². The van der Waals surface area contributed by atoms with Crippen LogP contribution in [0.3, 0.4) is 0 Å². The second-order valence-corrected chi connectivity index (χ2v) is 6.60. The minimum atomic E-state index is -0.197. The average Bonchev–Trinajstić information content (AvgIpc) is 2.93. The first-order valence-electron chi connectivity index (χ1n) is 8.55. The Bertz CT molecular complexity index is 803. The van der Waals surface area contributed by atoms with Gasteiger partial charge < -0.3 is 15.5 Å². The van der Waals surface area contributed by atoms with Gasteiger partial charge >= 0.3 is 0 Å². The molecule has 2 aromatic rings. The molecular formula is C18H23N5O. The zero-order valence-corrected chi connectivity index (χ0v) is 14.0. The van der Waals surface area contributed by atoms with Gasteiger partial charge in [0.05, 0.1) is 22.8 Å². The number of carbonyl (C=O) groups is 1. The first kappa shape index (κ1) is 15.2. The second kappa shape index (κ2) is 5.94. The summed E-state index contributed by atoms with van der Waals surface area (Å²) in [5.74, 6) is -0.184. The van der Waals surface area contributed by atoms with Gasteiger partial charge in [0.15, 0.2) is 0 Å². The Morgan fingerprint density at radius 2 is 2.08 bits per heavy atom. The van der Waals surface area contributed by atoms with Gasteiger partial charge in [0.25, 0.3) is 0 Å². The lowest BCUT2D eigenvalue weighted by Crippen LogP contribution is -2.43. The first-order valence-corrected chi connectivity index (χ1v) is 8.55. The number of rotatable bonds is 2. The van der Waals surface area contributed by atoms with Gasteiger partial charge in [-0.3, -0.25) is 9.48 Å². The lowest BCUT2D eigenvalue weighted by molar-refractivity contribution is -0.122. The molecule has 1 atom stereocenters. The summed E-state index contributed by atoms with van der Waals surface area (Å²) in [6.07, 6.45) is 1.58. The van der Waals surface area contributed by atoms with E-state index in [0.29, 0.717) is 0 Å². The standard InChI is InChI=1S/C18H23N5O/c1-12-6-7-14(18(24)20-12)16-13-4-3-5-15(17(13)22(2)21-16)23-10-8-19-9-11-23/h3-5,14,19H,1,6-11H2,2H3,(H,20,24). The third-order valence-corrected chi connectivity index (χ3v) is 5.01. The van der Waals surface area contributed by atoms with Gasteiger partial charge in [0.1, 0.15) is 0 Å². The van der Waals surface area contributed by atoms with E-state index in [0.717, 1.165) is 61.3 Å². The predicted molar refractivity (Wildman–Crippen MR) is 95.1 cm³/mol. The van der Waals surface area contributed by atoms with E-state index >= 15 is 0 Å². The number of nitrogens with zero attached hydrogens (tertiary/aromatic N) is 3. The van der Waals surface area contributed by atoms with Crippen LogP contribution in [0.1, 0.15) is 24.5 Å². The van der Waals surface area contributed by atoms with Crippen LogP contribution in [-0.2, 0) is 11.8 Å². The molecule has 2 saturated heterocycles. The number of hydrogen-bond acceptors (Lipinski definition) is 4. The van der Waals surface area contributed by atoms with E-state index in [9.17, 15) is 4.79 Å². The summed E-state index contributed by atoms with van der Waals surface area (Å²) in [4.78, 5) is 14.8. The third kappa shape index (κ3) is 2.47. The fourth-order valence-corrected chi connectivity index (χ4v) is 3.80. The van der Waals surface area contributed by atoms with E-state index in [-0.39, 0.29) is 11.8 Å². The van der Waals surface area contributed by atoms with E-state index in [2.05, 4.69) is 40.3 Å². The average molecular weight is 325 g/mol. The number of carbonyl (C=O) groups excluding carboxylic acids is 1. The number of allylic oxidation sites excluding steroid dienone is 1. The number of piperazine rings is 1. The molecule has 6 nitrogen and oxygen atoms in total. The summed E-state index contributed by atoms with van der Waals surface area (Å²) < 4.78 is 1.93. The zero-order valence-electron chi connectivity index (χ0n) is 14.0. The van der Waals surface area contributed by atoms with Crippen LogP contribution in [0.5, 0.6) is 0 Å². The van der Waals surface area contributed by atoms with Crippen molar-refractivity contribution in [3.05, 3.63) is 36.2 Å². The Hall–Kier alpha value is -2.34. The molecule has 0 radical (unpaired) electrons. The highest BCUT2D eigenvalue weighted by Gasteiger charge is 2.30. The van der Waals surface area contributed by atoms with Gasteiger partial charge in [-0.1, -0.05) is 18.7 Å². The molecule has 4 rings (SSSR count). The zero-order chi connectivity index (χ0) is 16.7. The topological polar surface area (TPSA) is 62.2 Å². The molecule has 1 aromatic carbocycles. The van der Waals surface area contributed by atoms with Gasteiger partial charge in [-0.15, -0.1) is 0 Å². The van der Waals surface area contributed by atoms with Crippen LogP contribution in [0.25, 0.3) is 10.9 Å². The Balaban J connectivity index is 1.78. The highest BCUT2D eigenvalue weighted by molar-refractivity contribution is 5.97. The van der Waals surface area contributed by atoms with Crippen LogP contribution >= 0.6 is 0 Å². The first-order chi connectivity index (χ1) is 11.6. The summed E-state index contributed by atoms with van der Waals surface area (Å²) in [5.41, 5.74) is 4.01. The molecule has 3 heterocycles. The largest absolute Gasteiger partial charge is 0.367 e. The molecule has 0 aliphatic carbocycles. The normalized spacial score (nSPS) is 22.0. The Morgan fingerprint density at radius 1 is 1.29 bits per heavy atom. The number of piperidine rings is 1. The lowest BCUT2D eigenvalue weighted by atomic mass is 9.92. The van der Waals surface area contributed by atoms with Crippen molar-refractivity contribution in [3.63, 3.8) is 0 Å². The number of fused-ring (bicyclic) bond motifs is 1. The molecule has 126 valence electrons. The van der Waals surface area contributed by atoms with Crippen molar-refractivity contribution in [1.29, 1.82) is 0 Å². The predicted octanol–water partition coefficient (Wildman–Crippen LogP) is 1.49. The van der Waals surface area contributed by atoms with Gasteiger partial charge in [-0.05, 0) is 18.9 Å². The fraction of sp³-hybridized carbons (Fsp3) is 0.444. The number of aryl methyl sites for hydroxylation is 1.